The van der Waals surface area contributed by atoms with E-state index in [9.17, 15) is 4.79 Å². The van der Waals surface area contributed by atoms with Gasteiger partial charge in [-0.3, -0.25) is 4.79 Å². The Hall–Kier alpha value is -2.50. The van der Waals surface area contributed by atoms with E-state index in [2.05, 4.69) is 12.1 Å². The van der Waals surface area contributed by atoms with E-state index in [0.717, 1.165) is 37.1 Å². The van der Waals surface area contributed by atoms with Crippen molar-refractivity contribution in [3.05, 3.63) is 41.3 Å². The number of amides is 1. The van der Waals surface area contributed by atoms with Gasteiger partial charge in [0.2, 0.25) is 0 Å². The minimum Gasteiger partial charge on any atom is -0.493 e. The van der Waals surface area contributed by atoms with Gasteiger partial charge in [-0.15, -0.1) is 0 Å². The largest absolute Gasteiger partial charge is 0.493 e. The molecule has 6 nitrogen and oxygen atoms in total. The van der Waals surface area contributed by atoms with Gasteiger partial charge in [-0.2, -0.15) is 0 Å². The van der Waals surface area contributed by atoms with Gasteiger partial charge in [-0.05, 0) is 37.5 Å². The highest BCUT2D eigenvalue weighted by atomic mass is 16.5. The molecule has 0 spiro atoms. The van der Waals surface area contributed by atoms with Gasteiger partial charge >= 0.3 is 0 Å². The van der Waals surface area contributed by atoms with Gasteiger partial charge in [-0.1, -0.05) is 12.1 Å². The summed E-state index contributed by atoms with van der Waals surface area (Å²) >= 11 is 0. The van der Waals surface area contributed by atoms with Crippen molar-refractivity contribution in [3.63, 3.8) is 0 Å². The molecule has 2 heterocycles. The standard InChI is InChI=1S/C19H24N2O4/c1-4-6-14-12-15(20-25-14)16-7-5-10-21(16)19(22)13-8-9-17(23-2)18(11-13)24-3/h8-9,11-12,16H,4-7,10H2,1-3H3/t16-/m0/s1. The maximum absolute atomic E-state index is 13.0. The third-order valence-electron chi connectivity index (χ3n) is 4.56. The predicted octanol–water partition coefficient (Wildman–Crippen LogP) is 3.62. The molecule has 134 valence electrons. The fraction of sp³-hybridized carbons (Fsp3) is 0.474. The van der Waals surface area contributed by atoms with Crippen LogP contribution in [-0.4, -0.2) is 36.7 Å². The highest BCUT2D eigenvalue weighted by Gasteiger charge is 2.33. The van der Waals surface area contributed by atoms with Gasteiger partial charge in [0, 0.05) is 24.6 Å². The Balaban J connectivity index is 1.82. The average Bonchev–Trinajstić information content (AvgIpc) is 3.29. The molecule has 1 atom stereocenters. The molecule has 1 aromatic carbocycles. The van der Waals surface area contributed by atoms with Crippen molar-refractivity contribution in [2.24, 2.45) is 0 Å². The van der Waals surface area contributed by atoms with Gasteiger partial charge in [0.15, 0.2) is 11.5 Å². The molecule has 0 radical (unpaired) electrons. The lowest BCUT2D eigenvalue weighted by molar-refractivity contribution is 0.0730. The molecule has 6 heteroatoms. The smallest absolute Gasteiger partial charge is 0.254 e. The second kappa shape index (κ2) is 7.59. The number of carbonyl (C=O) groups excluding carboxylic acids is 1. The van der Waals surface area contributed by atoms with Crippen LogP contribution in [0.2, 0.25) is 0 Å². The van der Waals surface area contributed by atoms with Gasteiger partial charge in [0.25, 0.3) is 5.91 Å². The highest BCUT2D eigenvalue weighted by Crippen LogP contribution is 2.34. The van der Waals surface area contributed by atoms with E-state index in [1.54, 1.807) is 32.4 Å². The zero-order valence-electron chi connectivity index (χ0n) is 14.9. The van der Waals surface area contributed by atoms with E-state index in [1.165, 1.54) is 0 Å². The minimum absolute atomic E-state index is 0.0245. The SMILES string of the molecule is CCCc1cc([C@@H]2CCCN2C(=O)c2ccc(OC)c(OC)c2)no1. The molecule has 3 rings (SSSR count). The monoisotopic (exact) mass is 344 g/mol. The van der Waals surface area contributed by atoms with E-state index < -0.39 is 0 Å². The van der Waals surface area contributed by atoms with Crippen LogP contribution in [0.4, 0.5) is 0 Å². The number of carbonyl (C=O) groups is 1. The van der Waals surface area contributed by atoms with E-state index in [4.69, 9.17) is 14.0 Å². The summed E-state index contributed by atoms with van der Waals surface area (Å²) in [5, 5.41) is 4.19. The quantitative estimate of drug-likeness (QED) is 0.801. The van der Waals surface area contributed by atoms with E-state index >= 15 is 0 Å². The Morgan fingerprint density at radius 2 is 2.08 bits per heavy atom. The molecule has 0 bridgehead atoms. The lowest BCUT2D eigenvalue weighted by Crippen LogP contribution is -2.30. The zero-order valence-corrected chi connectivity index (χ0v) is 14.9. The first-order valence-corrected chi connectivity index (χ1v) is 8.66. The topological polar surface area (TPSA) is 64.8 Å². The Morgan fingerprint density at radius 1 is 1.28 bits per heavy atom. The molecule has 2 aromatic rings. The number of likely N-dealkylation sites (tertiary alicyclic amines) is 1. The summed E-state index contributed by atoms with van der Waals surface area (Å²) in [6, 6.07) is 7.20. The van der Waals surface area contributed by atoms with Gasteiger partial charge < -0.3 is 18.9 Å². The zero-order chi connectivity index (χ0) is 17.8. The highest BCUT2D eigenvalue weighted by molar-refractivity contribution is 5.95. The van der Waals surface area contributed by atoms with Crippen molar-refractivity contribution < 1.29 is 18.8 Å². The Bertz CT molecular complexity index is 741. The number of nitrogens with zero attached hydrogens (tertiary/aromatic N) is 2. The second-order valence-electron chi connectivity index (χ2n) is 6.19. The van der Waals surface area contributed by atoms with Crippen molar-refractivity contribution in [1.29, 1.82) is 0 Å². The number of hydrogen-bond acceptors (Lipinski definition) is 5. The van der Waals surface area contributed by atoms with Crippen LogP contribution in [0.3, 0.4) is 0 Å². The number of aromatic nitrogens is 1. The summed E-state index contributed by atoms with van der Waals surface area (Å²) in [6.07, 6.45) is 3.73. The molecule has 0 N–H and O–H groups in total. The number of ether oxygens (including phenoxy) is 2. The van der Waals surface area contributed by atoms with Gasteiger partial charge in [0.05, 0.1) is 20.3 Å². The maximum atomic E-state index is 13.0. The van der Waals surface area contributed by atoms with E-state index in [-0.39, 0.29) is 11.9 Å². The predicted molar refractivity (Wildman–Crippen MR) is 93.1 cm³/mol. The molecular formula is C19H24N2O4. The summed E-state index contributed by atoms with van der Waals surface area (Å²) in [4.78, 5) is 14.9. The molecule has 1 aromatic heterocycles. The second-order valence-corrected chi connectivity index (χ2v) is 6.19. The number of benzene rings is 1. The van der Waals surface area contributed by atoms with Crippen LogP contribution in [-0.2, 0) is 6.42 Å². The van der Waals surface area contributed by atoms with Crippen LogP contribution in [0, 0.1) is 0 Å². The number of aryl methyl sites for hydroxylation is 1. The average molecular weight is 344 g/mol. The molecule has 1 aliphatic rings. The van der Waals surface area contributed by atoms with Crippen LogP contribution in [0.25, 0.3) is 0 Å². The Labute approximate surface area is 147 Å². The van der Waals surface area contributed by atoms with Crippen molar-refractivity contribution in [2.75, 3.05) is 20.8 Å². The van der Waals surface area contributed by atoms with Crippen LogP contribution in [0.5, 0.6) is 11.5 Å². The van der Waals surface area contributed by atoms with Crippen molar-refractivity contribution in [3.8, 4) is 11.5 Å². The van der Waals surface area contributed by atoms with Crippen molar-refractivity contribution in [2.45, 2.75) is 38.6 Å². The lowest BCUT2D eigenvalue weighted by Gasteiger charge is -2.23. The molecule has 0 saturated carbocycles. The van der Waals surface area contributed by atoms with Crippen molar-refractivity contribution in [1.82, 2.24) is 10.1 Å². The van der Waals surface area contributed by atoms with E-state index in [0.29, 0.717) is 23.6 Å². The Kier molecular flexibility index (Phi) is 5.26. The summed E-state index contributed by atoms with van der Waals surface area (Å²) in [5.41, 5.74) is 1.43. The number of rotatable bonds is 6. The summed E-state index contributed by atoms with van der Waals surface area (Å²) in [7, 11) is 3.14. The van der Waals surface area contributed by atoms with Crippen LogP contribution in [0.15, 0.2) is 28.8 Å². The van der Waals surface area contributed by atoms with Crippen LogP contribution >= 0.6 is 0 Å². The third-order valence-corrected chi connectivity index (χ3v) is 4.56. The maximum Gasteiger partial charge on any atom is 0.254 e. The first-order valence-electron chi connectivity index (χ1n) is 8.66. The summed E-state index contributed by atoms with van der Waals surface area (Å²) in [5.74, 6) is 2.01. The molecule has 0 aliphatic carbocycles. The normalized spacial score (nSPS) is 16.9. The minimum atomic E-state index is -0.0325. The lowest BCUT2D eigenvalue weighted by atomic mass is 10.1. The molecule has 1 fully saturated rings. The fourth-order valence-electron chi connectivity index (χ4n) is 3.30. The first-order chi connectivity index (χ1) is 12.2. The van der Waals surface area contributed by atoms with Gasteiger partial charge in [0.1, 0.15) is 11.5 Å². The van der Waals surface area contributed by atoms with Crippen molar-refractivity contribution >= 4 is 5.91 Å². The van der Waals surface area contributed by atoms with Crippen LogP contribution in [0.1, 0.15) is 54.0 Å². The third kappa shape index (κ3) is 3.48. The molecular weight excluding hydrogens is 320 g/mol. The van der Waals surface area contributed by atoms with E-state index in [1.807, 2.05) is 11.0 Å². The van der Waals surface area contributed by atoms with Gasteiger partial charge in [-0.25, -0.2) is 0 Å². The molecule has 25 heavy (non-hydrogen) atoms. The van der Waals surface area contributed by atoms with Crippen LogP contribution < -0.4 is 9.47 Å². The first kappa shape index (κ1) is 17.3. The Morgan fingerprint density at radius 3 is 2.80 bits per heavy atom. The molecule has 1 amide bonds. The molecule has 1 aliphatic heterocycles. The molecule has 1 saturated heterocycles. The molecule has 0 unspecified atom stereocenters. The fourth-order valence-corrected chi connectivity index (χ4v) is 3.30. The summed E-state index contributed by atoms with van der Waals surface area (Å²) in [6.45, 7) is 2.82. The number of methoxy groups -OCH3 is 2. The summed E-state index contributed by atoms with van der Waals surface area (Å²) < 4.78 is 15.9. The number of hydrogen-bond donors (Lipinski definition) is 0.